The van der Waals surface area contributed by atoms with Crippen molar-refractivity contribution in [2.75, 3.05) is 0 Å². The number of nitrogens with two attached hydrogens (primary N) is 1. The summed E-state index contributed by atoms with van der Waals surface area (Å²) in [6.45, 7) is 4.91. The Kier molecular flexibility index (Phi) is 5.89. The van der Waals surface area contributed by atoms with Crippen molar-refractivity contribution in [3.8, 4) is 0 Å². The molecule has 0 spiro atoms. The zero-order valence-corrected chi connectivity index (χ0v) is 14.7. The third-order valence-corrected chi connectivity index (χ3v) is 4.27. The van der Waals surface area contributed by atoms with E-state index in [1.165, 1.54) is 25.9 Å². The summed E-state index contributed by atoms with van der Waals surface area (Å²) >= 11 is 1.83. The smallest absolute Gasteiger partial charge is 0.328 e. The van der Waals surface area contributed by atoms with Gasteiger partial charge in [0.1, 0.15) is 0 Å². The van der Waals surface area contributed by atoms with E-state index in [4.69, 9.17) is 15.9 Å². The Hall–Kier alpha value is -2.71. The summed E-state index contributed by atoms with van der Waals surface area (Å²) in [5, 5.41) is 22.5. The number of aryl methyl sites for hydroxylation is 1. The molecule has 7 nitrogen and oxygen atoms in total. The van der Waals surface area contributed by atoms with Gasteiger partial charge in [0.15, 0.2) is 0 Å². The predicted octanol–water partition coefficient (Wildman–Crippen LogP) is 2.62. The van der Waals surface area contributed by atoms with Crippen molar-refractivity contribution in [3.63, 3.8) is 0 Å². The second-order valence-electron chi connectivity index (χ2n) is 5.59. The minimum atomic E-state index is -1.26. The Morgan fingerprint density at radius 2 is 1.96 bits per heavy atom. The van der Waals surface area contributed by atoms with E-state index in [0.29, 0.717) is 12.2 Å². The molecule has 0 aliphatic carbocycles. The van der Waals surface area contributed by atoms with Crippen molar-refractivity contribution in [2.24, 2.45) is 5.73 Å². The van der Waals surface area contributed by atoms with Crippen LogP contribution < -0.4 is 5.73 Å². The van der Waals surface area contributed by atoms with Crippen LogP contribution in [0.25, 0.3) is 21.0 Å². The molecule has 0 saturated carbocycles. The lowest BCUT2D eigenvalue weighted by Crippen LogP contribution is -2.22. The monoisotopic (exact) mass is 361 g/mol. The maximum Gasteiger partial charge on any atom is 0.328 e. The molecule has 1 aromatic carbocycles. The Morgan fingerprint density at radius 1 is 1.32 bits per heavy atom. The molecule has 3 aromatic rings. The number of carboxylic acids is 2. The number of thiophene rings is 1. The first kappa shape index (κ1) is 18.6. The number of benzene rings is 1. The molecule has 0 fully saturated rings. The quantitative estimate of drug-likeness (QED) is 0.615. The molecule has 0 saturated heterocycles. The summed E-state index contributed by atoms with van der Waals surface area (Å²) in [4.78, 5) is 20.4. The lowest BCUT2D eigenvalue weighted by Gasteiger charge is -2.07. The highest BCUT2D eigenvalue weighted by Gasteiger charge is 2.10. The summed E-state index contributed by atoms with van der Waals surface area (Å²) in [5.74, 6) is -2.51. The van der Waals surface area contributed by atoms with Gasteiger partial charge in [-0.2, -0.15) is 5.10 Å². The zero-order valence-electron chi connectivity index (χ0n) is 13.8. The van der Waals surface area contributed by atoms with E-state index in [0.717, 1.165) is 6.54 Å². The van der Waals surface area contributed by atoms with Crippen LogP contribution in [0.2, 0.25) is 0 Å². The standard InChI is InChI=1S/C13H15N3S.C4H4O4/c1-8(14)7-16-13-10(6-15-16)3-4-12-11(13)5-9(2)17-12;5-3(6)1-2-4(7)8/h3-6,8H,7,14H2,1-2H3;1-2H,(H,5,6)(H,7,8)/b;2-1+/t8-;/m0./s1. The van der Waals surface area contributed by atoms with Gasteiger partial charge < -0.3 is 15.9 Å². The molecule has 0 unspecified atom stereocenters. The largest absolute Gasteiger partial charge is 0.478 e. The Bertz CT molecular complexity index is 924. The van der Waals surface area contributed by atoms with Crippen molar-refractivity contribution >= 4 is 44.3 Å². The highest BCUT2D eigenvalue weighted by atomic mass is 32.1. The van der Waals surface area contributed by atoms with E-state index >= 15 is 0 Å². The third kappa shape index (κ3) is 4.88. The van der Waals surface area contributed by atoms with Crippen molar-refractivity contribution in [3.05, 3.63) is 41.4 Å². The molecular formula is C17H19N3O4S. The average Bonchev–Trinajstić information content (AvgIpc) is 3.07. The van der Waals surface area contributed by atoms with Gasteiger partial charge in [0.2, 0.25) is 0 Å². The molecule has 0 radical (unpaired) electrons. The predicted molar refractivity (Wildman–Crippen MR) is 97.9 cm³/mol. The topological polar surface area (TPSA) is 118 Å². The van der Waals surface area contributed by atoms with Crippen LogP contribution in [-0.2, 0) is 16.1 Å². The summed E-state index contributed by atoms with van der Waals surface area (Å²) < 4.78 is 3.34. The lowest BCUT2D eigenvalue weighted by atomic mass is 10.2. The molecule has 0 aliphatic heterocycles. The molecule has 0 aliphatic rings. The molecule has 0 bridgehead atoms. The summed E-state index contributed by atoms with van der Waals surface area (Å²) in [6, 6.07) is 6.67. The van der Waals surface area contributed by atoms with Crippen LogP contribution in [0.4, 0.5) is 0 Å². The van der Waals surface area contributed by atoms with E-state index in [2.05, 4.69) is 30.2 Å². The first-order valence-electron chi connectivity index (χ1n) is 7.52. The van der Waals surface area contributed by atoms with Crippen LogP contribution in [0.5, 0.6) is 0 Å². The van der Waals surface area contributed by atoms with Crippen LogP contribution in [0.15, 0.2) is 36.5 Å². The van der Waals surface area contributed by atoms with Crippen molar-refractivity contribution in [1.82, 2.24) is 9.78 Å². The number of fused-ring (bicyclic) bond motifs is 3. The van der Waals surface area contributed by atoms with Gasteiger partial charge in [-0.25, -0.2) is 9.59 Å². The van der Waals surface area contributed by atoms with E-state index in [9.17, 15) is 9.59 Å². The first-order chi connectivity index (χ1) is 11.8. The second kappa shape index (κ2) is 7.91. The first-order valence-corrected chi connectivity index (χ1v) is 8.33. The minimum absolute atomic E-state index is 0.119. The number of hydrogen-bond donors (Lipinski definition) is 3. The Labute approximate surface area is 148 Å². The molecule has 132 valence electrons. The molecule has 2 aromatic heterocycles. The van der Waals surface area contributed by atoms with E-state index < -0.39 is 11.9 Å². The zero-order chi connectivity index (χ0) is 18.6. The van der Waals surface area contributed by atoms with Gasteiger partial charge in [0, 0.05) is 38.5 Å². The number of aromatic nitrogens is 2. The molecule has 2 heterocycles. The van der Waals surface area contributed by atoms with E-state index in [-0.39, 0.29) is 6.04 Å². The third-order valence-electron chi connectivity index (χ3n) is 3.25. The summed E-state index contributed by atoms with van der Waals surface area (Å²) in [5.41, 5.74) is 7.08. The van der Waals surface area contributed by atoms with Crippen LogP contribution in [0.1, 0.15) is 11.8 Å². The fourth-order valence-corrected chi connectivity index (χ4v) is 3.30. The number of hydrogen-bond acceptors (Lipinski definition) is 5. The molecular weight excluding hydrogens is 342 g/mol. The van der Waals surface area contributed by atoms with Gasteiger partial charge in [-0.3, -0.25) is 4.68 Å². The van der Waals surface area contributed by atoms with Gasteiger partial charge in [-0.05, 0) is 32.0 Å². The fourth-order valence-electron chi connectivity index (χ4n) is 2.38. The van der Waals surface area contributed by atoms with Crippen molar-refractivity contribution < 1.29 is 19.8 Å². The fraction of sp³-hybridized carbons (Fsp3) is 0.235. The van der Waals surface area contributed by atoms with Crippen LogP contribution in [-0.4, -0.2) is 38.0 Å². The lowest BCUT2D eigenvalue weighted by molar-refractivity contribution is -0.134. The second-order valence-corrected chi connectivity index (χ2v) is 6.87. The van der Waals surface area contributed by atoms with Gasteiger partial charge in [0.25, 0.3) is 0 Å². The van der Waals surface area contributed by atoms with Crippen molar-refractivity contribution in [1.29, 1.82) is 0 Å². The Morgan fingerprint density at radius 3 is 2.52 bits per heavy atom. The molecule has 3 rings (SSSR count). The molecule has 25 heavy (non-hydrogen) atoms. The van der Waals surface area contributed by atoms with Gasteiger partial charge in [-0.15, -0.1) is 11.3 Å². The number of nitrogens with zero attached hydrogens (tertiary/aromatic N) is 2. The maximum atomic E-state index is 9.55. The maximum absolute atomic E-state index is 9.55. The van der Waals surface area contributed by atoms with Crippen LogP contribution in [0, 0.1) is 6.92 Å². The average molecular weight is 361 g/mol. The SMILES string of the molecule is Cc1cc2c(ccc3cnn(C[C@H](C)N)c32)s1.O=C(O)/C=C/C(=O)O. The van der Waals surface area contributed by atoms with Crippen molar-refractivity contribution in [2.45, 2.75) is 26.4 Å². The highest BCUT2D eigenvalue weighted by Crippen LogP contribution is 2.31. The number of carbonyl (C=O) groups is 2. The van der Waals surface area contributed by atoms with Crippen LogP contribution in [0.3, 0.4) is 0 Å². The van der Waals surface area contributed by atoms with Gasteiger partial charge in [0.05, 0.1) is 18.3 Å². The Balaban J connectivity index is 0.000000242. The highest BCUT2D eigenvalue weighted by molar-refractivity contribution is 7.19. The number of carboxylic acid groups (broad SMARTS) is 2. The summed E-state index contributed by atoms with van der Waals surface area (Å²) in [6.07, 6.45) is 3.04. The number of rotatable bonds is 4. The number of aliphatic carboxylic acids is 2. The van der Waals surface area contributed by atoms with E-state index in [1.807, 2.05) is 29.1 Å². The minimum Gasteiger partial charge on any atom is -0.478 e. The molecule has 4 N–H and O–H groups in total. The molecule has 0 amide bonds. The summed E-state index contributed by atoms with van der Waals surface area (Å²) in [7, 11) is 0. The molecule has 8 heteroatoms. The van der Waals surface area contributed by atoms with E-state index in [1.54, 1.807) is 0 Å². The normalized spacial score (nSPS) is 12.3. The molecule has 1 atom stereocenters. The van der Waals surface area contributed by atoms with Crippen LogP contribution >= 0.6 is 11.3 Å². The van der Waals surface area contributed by atoms with Gasteiger partial charge >= 0.3 is 11.9 Å². The van der Waals surface area contributed by atoms with Gasteiger partial charge in [-0.1, -0.05) is 0 Å².